The normalized spacial score (nSPS) is 13.2. The number of urea groups is 1. The van der Waals surface area contributed by atoms with Crippen LogP contribution >= 0.6 is 11.3 Å². The van der Waals surface area contributed by atoms with E-state index in [4.69, 9.17) is 15.5 Å². The first-order valence-electron chi connectivity index (χ1n) is 12.6. The summed E-state index contributed by atoms with van der Waals surface area (Å²) < 4.78 is 10.1. The highest BCUT2D eigenvalue weighted by atomic mass is 32.1. The van der Waals surface area contributed by atoms with Crippen LogP contribution in [0.1, 0.15) is 18.5 Å². The number of benzene rings is 2. The zero-order valence-corrected chi connectivity index (χ0v) is 21.8. The van der Waals surface area contributed by atoms with E-state index in [1.54, 1.807) is 16.2 Å². The summed E-state index contributed by atoms with van der Waals surface area (Å²) in [6.45, 7) is 2.97. The fourth-order valence-electron chi connectivity index (χ4n) is 4.33. The Bertz CT molecular complexity index is 1350. The molecular weight excluding hydrogens is 486 g/mol. The minimum absolute atomic E-state index is 0.0452. The molecule has 2 aromatic heterocycles. The molecule has 37 heavy (non-hydrogen) atoms. The summed E-state index contributed by atoms with van der Waals surface area (Å²) in [4.78, 5) is 18.6. The number of nitrogens with one attached hydrogen (secondary N) is 1. The highest BCUT2D eigenvalue weighted by molar-refractivity contribution is 7.13. The average Bonchev–Trinajstić information content (AvgIpc) is 3.66. The number of amides is 2. The number of unbranched alkanes of at least 4 members (excludes halogenated alkanes) is 1. The van der Waals surface area contributed by atoms with Crippen molar-refractivity contribution in [3.05, 3.63) is 65.8 Å². The number of carbonyl (C=O) groups is 1. The summed E-state index contributed by atoms with van der Waals surface area (Å²) in [6.07, 6.45) is 5.00. The molecule has 192 valence electrons. The van der Waals surface area contributed by atoms with Crippen molar-refractivity contribution in [3.8, 4) is 33.3 Å². The standard InChI is InChI=1S/C27H31N7O2S/c1-32-22(9-5-6-12-28)18-34(31-32)21-10-11-23(25(17-21)36-16-15-33-14-13-29-27(33)35)26-30-24(19-37-26)20-7-3-2-4-8-20/h2-4,7-8,10-11,17-19H,5-6,9,12-16,28H2,1H3/p+1. The Labute approximate surface area is 220 Å². The van der Waals surface area contributed by atoms with Gasteiger partial charge in [-0.3, -0.25) is 0 Å². The van der Waals surface area contributed by atoms with Crippen LogP contribution in [-0.4, -0.2) is 58.6 Å². The molecule has 4 aromatic rings. The summed E-state index contributed by atoms with van der Waals surface area (Å²) in [7, 11) is 1.96. The van der Waals surface area contributed by atoms with Gasteiger partial charge in [0, 0.05) is 36.5 Å². The molecule has 0 unspecified atom stereocenters. The molecule has 0 radical (unpaired) electrons. The molecule has 10 heteroatoms. The second-order valence-electron chi connectivity index (χ2n) is 8.98. The number of hydrogen-bond acceptors (Lipinski definition) is 6. The van der Waals surface area contributed by atoms with Gasteiger partial charge in [0.1, 0.15) is 24.4 Å². The average molecular weight is 519 g/mol. The van der Waals surface area contributed by atoms with Gasteiger partial charge in [-0.1, -0.05) is 30.3 Å². The van der Waals surface area contributed by atoms with Gasteiger partial charge >= 0.3 is 6.03 Å². The minimum atomic E-state index is -0.0452. The van der Waals surface area contributed by atoms with E-state index in [1.807, 2.05) is 52.8 Å². The number of ether oxygens (including phenoxy) is 1. The summed E-state index contributed by atoms with van der Waals surface area (Å²) >= 11 is 1.59. The molecule has 9 nitrogen and oxygen atoms in total. The Kier molecular flexibility index (Phi) is 7.76. The molecule has 0 saturated carbocycles. The topological polar surface area (TPSA) is 102 Å². The van der Waals surface area contributed by atoms with Gasteiger partial charge in [-0.15, -0.1) is 20.7 Å². The smallest absolute Gasteiger partial charge is 0.317 e. The summed E-state index contributed by atoms with van der Waals surface area (Å²) in [6, 6.07) is 16.2. The lowest BCUT2D eigenvalue weighted by Crippen LogP contribution is -2.33. The lowest BCUT2D eigenvalue weighted by Gasteiger charge is -2.16. The van der Waals surface area contributed by atoms with E-state index < -0.39 is 0 Å². The molecule has 1 aliphatic heterocycles. The molecule has 1 aliphatic rings. The lowest BCUT2D eigenvalue weighted by molar-refractivity contribution is -0.661. The molecule has 0 spiro atoms. The highest BCUT2D eigenvalue weighted by Gasteiger charge is 2.21. The van der Waals surface area contributed by atoms with Crippen LogP contribution in [0.5, 0.6) is 5.75 Å². The minimum Gasteiger partial charge on any atom is -0.491 e. The third-order valence-corrected chi connectivity index (χ3v) is 7.28. The zero-order chi connectivity index (χ0) is 25.6. The van der Waals surface area contributed by atoms with E-state index in [0.717, 1.165) is 52.5 Å². The molecule has 5 rings (SSSR count). The lowest BCUT2D eigenvalue weighted by atomic mass is 10.1. The summed E-state index contributed by atoms with van der Waals surface area (Å²) in [5, 5.41) is 10.5. The number of thiazole rings is 1. The van der Waals surface area contributed by atoms with Crippen LogP contribution in [0.4, 0.5) is 4.79 Å². The third-order valence-electron chi connectivity index (χ3n) is 6.40. The van der Waals surface area contributed by atoms with E-state index in [-0.39, 0.29) is 6.03 Å². The van der Waals surface area contributed by atoms with Gasteiger partial charge in [0.2, 0.25) is 0 Å². The van der Waals surface area contributed by atoms with Crippen LogP contribution in [0, 0.1) is 0 Å². The van der Waals surface area contributed by atoms with Crippen molar-refractivity contribution in [2.45, 2.75) is 19.3 Å². The monoisotopic (exact) mass is 518 g/mol. The maximum atomic E-state index is 11.9. The Balaban J connectivity index is 1.42. The maximum Gasteiger partial charge on any atom is 0.317 e. The fourth-order valence-corrected chi connectivity index (χ4v) is 5.19. The predicted octanol–water partition coefficient (Wildman–Crippen LogP) is 3.17. The first-order valence-corrected chi connectivity index (χ1v) is 13.5. The molecule has 3 heterocycles. The number of nitrogens with two attached hydrogens (primary N) is 1. The predicted molar refractivity (Wildman–Crippen MR) is 144 cm³/mol. The van der Waals surface area contributed by atoms with Crippen LogP contribution < -0.4 is 20.5 Å². The molecule has 0 bridgehead atoms. The van der Waals surface area contributed by atoms with Crippen LogP contribution in [0.25, 0.3) is 27.5 Å². The van der Waals surface area contributed by atoms with E-state index >= 15 is 0 Å². The Morgan fingerprint density at radius 1 is 1.19 bits per heavy atom. The second kappa shape index (κ2) is 11.5. The van der Waals surface area contributed by atoms with Crippen LogP contribution in [0.2, 0.25) is 0 Å². The first kappa shape index (κ1) is 24.9. The first-order chi connectivity index (χ1) is 18.1. The maximum absolute atomic E-state index is 11.9. The van der Waals surface area contributed by atoms with Crippen molar-refractivity contribution in [2.24, 2.45) is 12.8 Å². The molecule has 1 saturated heterocycles. The summed E-state index contributed by atoms with van der Waals surface area (Å²) in [5.41, 5.74) is 10.6. The summed E-state index contributed by atoms with van der Waals surface area (Å²) in [5.74, 6) is 0.717. The quantitative estimate of drug-likeness (QED) is 0.235. The number of hydrogen-bond donors (Lipinski definition) is 2. The van der Waals surface area contributed by atoms with Crippen LogP contribution in [0.3, 0.4) is 0 Å². The number of rotatable bonds is 11. The van der Waals surface area contributed by atoms with Crippen molar-refractivity contribution in [2.75, 3.05) is 32.8 Å². The molecule has 0 aliphatic carbocycles. The number of aromatic nitrogens is 4. The number of nitrogens with zero attached hydrogens (tertiary/aromatic N) is 5. The van der Waals surface area contributed by atoms with Gasteiger partial charge in [0.15, 0.2) is 17.6 Å². The molecule has 2 amide bonds. The van der Waals surface area contributed by atoms with Crippen molar-refractivity contribution in [3.63, 3.8) is 0 Å². The van der Waals surface area contributed by atoms with Crippen molar-refractivity contribution < 1.29 is 14.2 Å². The van der Waals surface area contributed by atoms with E-state index in [1.165, 1.54) is 0 Å². The van der Waals surface area contributed by atoms with Gasteiger partial charge in [-0.2, -0.15) is 0 Å². The van der Waals surface area contributed by atoms with Gasteiger partial charge in [-0.25, -0.2) is 9.78 Å². The number of carbonyl (C=O) groups excluding carboxylic acids is 1. The van der Waals surface area contributed by atoms with E-state index in [2.05, 4.69) is 34.2 Å². The largest absolute Gasteiger partial charge is 0.491 e. The molecule has 1 fully saturated rings. The third kappa shape index (κ3) is 5.81. The van der Waals surface area contributed by atoms with Crippen LogP contribution in [0.15, 0.2) is 60.1 Å². The Morgan fingerprint density at radius 2 is 2.05 bits per heavy atom. The van der Waals surface area contributed by atoms with Gasteiger partial charge in [0.25, 0.3) is 0 Å². The zero-order valence-electron chi connectivity index (χ0n) is 21.0. The fraction of sp³-hybridized carbons (Fsp3) is 0.333. The highest BCUT2D eigenvalue weighted by Crippen LogP contribution is 2.35. The van der Waals surface area contributed by atoms with E-state index in [0.29, 0.717) is 38.5 Å². The SMILES string of the molecule is Cn1n[n+](-c2ccc(-c3nc(-c4ccccc4)cs3)c(OCCN3CCNC3=O)c2)cc1CCCCN. The molecule has 3 N–H and O–H groups in total. The Morgan fingerprint density at radius 3 is 2.84 bits per heavy atom. The van der Waals surface area contributed by atoms with Crippen molar-refractivity contribution in [1.82, 2.24) is 25.1 Å². The van der Waals surface area contributed by atoms with Gasteiger partial charge in [0.05, 0.1) is 23.0 Å². The van der Waals surface area contributed by atoms with E-state index in [9.17, 15) is 4.79 Å². The van der Waals surface area contributed by atoms with Crippen molar-refractivity contribution in [1.29, 1.82) is 0 Å². The molecule has 2 aromatic carbocycles. The molecule has 0 atom stereocenters. The molecular formula is C27H32N7O2S+. The van der Waals surface area contributed by atoms with Crippen LogP contribution in [-0.2, 0) is 13.5 Å². The second-order valence-corrected chi connectivity index (χ2v) is 9.83. The Hall–Kier alpha value is -3.76. The number of aryl methyl sites for hydroxylation is 2. The van der Waals surface area contributed by atoms with Crippen molar-refractivity contribution >= 4 is 17.4 Å². The van der Waals surface area contributed by atoms with Gasteiger partial charge in [-0.05, 0) is 31.5 Å². The van der Waals surface area contributed by atoms with Gasteiger partial charge < -0.3 is 20.7 Å².